The number of benzene rings is 2. The molecule has 0 spiro atoms. The third-order valence-corrected chi connectivity index (χ3v) is 6.84. The lowest BCUT2D eigenvalue weighted by atomic mass is 10.0. The number of thioether (sulfide) groups is 1. The molecular formula is C20H19N3O2S2. The van der Waals surface area contributed by atoms with E-state index in [2.05, 4.69) is 30.1 Å². The first-order valence-corrected chi connectivity index (χ1v) is 11.3. The van der Waals surface area contributed by atoms with E-state index in [9.17, 15) is 13.7 Å². The van der Waals surface area contributed by atoms with Gasteiger partial charge in [0.2, 0.25) is 0 Å². The molecule has 27 heavy (non-hydrogen) atoms. The Morgan fingerprint density at radius 3 is 2.37 bits per heavy atom. The molecule has 3 rings (SSSR count). The van der Waals surface area contributed by atoms with Gasteiger partial charge in [0.1, 0.15) is 6.07 Å². The van der Waals surface area contributed by atoms with Gasteiger partial charge in [0.25, 0.3) is 0 Å². The van der Waals surface area contributed by atoms with Gasteiger partial charge < -0.3 is 0 Å². The maximum atomic E-state index is 11.6. The molecule has 0 saturated carbocycles. The van der Waals surface area contributed by atoms with E-state index < -0.39 is 9.84 Å². The van der Waals surface area contributed by atoms with Crippen LogP contribution in [0.5, 0.6) is 0 Å². The van der Waals surface area contributed by atoms with Crippen molar-refractivity contribution >= 4 is 32.5 Å². The third-order valence-electron chi connectivity index (χ3n) is 4.33. The molecule has 1 unspecified atom stereocenters. The maximum Gasteiger partial charge on any atom is 0.177 e. The number of nitrogens with zero attached hydrogens (tertiary/aromatic N) is 3. The summed E-state index contributed by atoms with van der Waals surface area (Å²) >= 11 is 1.64. The largest absolute Gasteiger partial charge is 0.224 e. The average molecular weight is 398 g/mol. The Morgan fingerprint density at radius 1 is 1.11 bits per heavy atom. The van der Waals surface area contributed by atoms with Crippen molar-refractivity contribution in [2.45, 2.75) is 35.3 Å². The van der Waals surface area contributed by atoms with Gasteiger partial charge in [0.05, 0.1) is 15.3 Å². The first kappa shape index (κ1) is 19.3. The molecule has 1 aromatic heterocycles. The van der Waals surface area contributed by atoms with Crippen molar-refractivity contribution in [2.75, 3.05) is 6.26 Å². The summed E-state index contributed by atoms with van der Waals surface area (Å²) in [5, 5.41) is 18.9. The van der Waals surface area contributed by atoms with Crippen LogP contribution in [-0.4, -0.2) is 30.1 Å². The summed E-state index contributed by atoms with van der Waals surface area (Å²) in [6.07, 6.45) is 2.18. The van der Waals surface area contributed by atoms with E-state index in [1.165, 1.54) is 6.26 Å². The lowest BCUT2D eigenvalue weighted by Gasteiger charge is -2.12. The number of aromatic nitrogens is 2. The fraction of sp³-hybridized carbons (Fsp3) is 0.250. The lowest BCUT2D eigenvalue weighted by molar-refractivity contribution is 0.602. The van der Waals surface area contributed by atoms with E-state index in [0.29, 0.717) is 16.5 Å². The highest BCUT2D eigenvalue weighted by molar-refractivity contribution is 8.00. The van der Waals surface area contributed by atoms with Crippen molar-refractivity contribution in [1.82, 2.24) is 10.2 Å². The molecule has 0 bridgehead atoms. The topological polar surface area (TPSA) is 83.7 Å². The molecule has 138 valence electrons. The summed E-state index contributed by atoms with van der Waals surface area (Å²) in [7, 11) is -3.22. The molecule has 0 aliphatic heterocycles. The quantitative estimate of drug-likeness (QED) is 0.591. The van der Waals surface area contributed by atoms with Gasteiger partial charge in [-0.1, -0.05) is 38.1 Å². The van der Waals surface area contributed by atoms with Crippen LogP contribution in [0.2, 0.25) is 0 Å². The second kappa shape index (κ2) is 7.67. The van der Waals surface area contributed by atoms with Crippen LogP contribution in [-0.2, 0) is 9.84 Å². The number of sulfone groups is 1. The summed E-state index contributed by atoms with van der Waals surface area (Å²) in [5.74, 6) is 0. The van der Waals surface area contributed by atoms with Crippen LogP contribution in [0.15, 0.2) is 52.3 Å². The Kier molecular flexibility index (Phi) is 5.49. The first-order chi connectivity index (χ1) is 12.8. The van der Waals surface area contributed by atoms with Gasteiger partial charge in [0.15, 0.2) is 15.5 Å². The first-order valence-electron chi connectivity index (χ1n) is 8.51. The highest BCUT2D eigenvalue weighted by atomic mass is 32.2. The van der Waals surface area contributed by atoms with Crippen molar-refractivity contribution in [3.8, 4) is 17.2 Å². The average Bonchev–Trinajstić information content (AvgIpc) is 2.67. The molecule has 3 aromatic rings. The molecule has 0 amide bonds. The maximum absolute atomic E-state index is 11.6. The molecule has 0 saturated heterocycles. The van der Waals surface area contributed by atoms with Crippen LogP contribution >= 0.6 is 11.8 Å². The Morgan fingerprint density at radius 2 is 1.78 bits per heavy atom. The standard InChI is InChI=1S/C20H19N3O2S2/c1-4-13(2)26-20-17-10-7-15(11-18(17)22-23-19(20)12-21)14-5-8-16(9-6-14)27(3,24)25/h5-11,13H,4H2,1-3H3. The molecule has 5 nitrogen and oxygen atoms in total. The van der Waals surface area contributed by atoms with Crippen molar-refractivity contribution in [3.05, 3.63) is 48.2 Å². The van der Waals surface area contributed by atoms with Gasteiger partial charge >= 0.3 is 0 Å². The molecule has 1 heterocycles. The molecule has 0 N–H and O–H groups in total. The highest BCUT2D eigenvalue weighted by Gasteiger charge is 2.15. The molecule has 1 atom stereocenters. The van der Waals surface area contributed by atoms with E-state index in [1.54, 1.807) is 36.0 Å². The second-order valence-electron chi connectivity index (χ2n) is 6.35. The summed E-state index contributed by atoms with van der Waals surface area (Å²) < 4.78 is 23.2. The van der Waals surface area contributed by atoms with Crippen LogP contribution in [0.3, 0.4) is 0 Å². The Balaban J connectivity index is 2.07. The SMILES string of the molecule is CCC(C)Sc1c(C#N)nnc2cc(-c3ccc(S(C)(=O)=O)cc3)ccc12. The predicted molar refractivity (Wildman–Crippen MR) is 108 cm³/mol. The second-order valence-corrected chi connectivity index (χ2v) is 9.82. The third kappa shape index (κ3) is 4.12. The summed E-state index contributed by atoms with van der Waals surface area (Å²) in [4.78, 5) is 1.15. The van der Waals surface area contributed by atoms with Crippen LogP contribution in [0, 0.1) is 11.3 Å². The minimum atomic E-state index is -3.22. The van der Waals surface area contributed by atoms with Crippen molar-refractivity contribution in [2.24, 2.45) is 0 Å². The zero-order valence-corrected chi connectivity index (χ0v) is 16.9. The van der Waals surface area contributed by atoms with Crippen LogP contribution in [0.4, 0.5) is 0 Å². The molecule has 0 aliphatic rings. The van der Waals surface area contributed by atoms with Gasteiger partial charge in [-0.15, -0.1) is 22.0 Å². The molecule has 0 radical (unpaired) electrons. The molecule has 2 aromatic carbocycles. The van der Waals surface area contributed by atoms with Gasteiger partial charge in [-0.3, -0.25) is 0 Å². The molecule has 0 fully saturated rings. The van der Waals surface area contributed by atoms with Gasteiger partial charge in [-0.05, 0) is 35.7 Å². The summed E-state index contributed by atoms with van der Waals surface area (Å²) in [6, 6.07) is 14.7. The fourth-order valence-electron chi connectivity index (χ4n) is 2.63. The van der Waals surface area contributed by atoms with E-state index in [1.807, 2.05) is 18.2 Å². The van der Waals surface area contributed by atoms with E-state index in [-0.39, 0.29) is 4.90 Å². The molecular weight excluding hydrogens is 378 g/mol. The fourth-order valence-corrected chi connectivity index (χ4v) is 4.33. The number of nitriles is 1. The zero-order valence-electron chi connectivity index (χ0n) is 15.3. The monoisotopic (exact) mass is 397 g/mol. The minimum Gasteiger partial charge on any atom is -0.224 e. The lowest BCUT2D eigenvalue weighted by Crippen LogP contribution is -1.99. The number of fused-ring (bicyclic) bond motifs is 1. The normalized spacial score (nSPS) is 12.7. The van der Waals surface area contributed by atoms with E-state index in [4.69, 9.17) is 0 Å². The van der Waals surface area contributed by atoms with Crippen molar-refractivity contribution in [3.63, 3.8) is 0 Å². The zero-order chi connectivity index (χ0) is 19.6. The van der Waals surface area contributed by atoms with Crippen molar-refractivity contribution < 1.29 is 8.42 Å². The van der Waals surface area contributed by atoms with E-state index >= 15 is 0 Å². The molecule has 0 aliphatic carbocycles. The minimum absolute atomic E-state index is 0.290. The summed E-state index contributed by atoms with van der Waals surface area (Å²) in [6.45, 7) is 4.23. The van der Waals surface area contributed by atoms with Gasteiger partial charge in [-0.25, -0.2) is 8.42 Å². The van der Waals surface area contributed by atoms with Crippen molar-refractivity contribution in [1.29, 1.82) is 5.26 Å². The van der Waals surface area contributed by atoms with E-state index in [0.717, 1.165) is 27.8 Å². The Labute approximate surface area is 163 Å². The van der Waals surface area contributed by atoms with Crippen LogP contribution < -0.4 is 0 Å². The van der Waals surface area contributed by atoms with Gasteiger partial charge in [0, 0.05) is 16.9 Å². The Bertz CT molecular complexity index is 1130. The molecule has 7 heteroatoms. The Hall–Kier alpha value is -2.43. The summed E-state index contributed by atoms with van der Waals surface area (Å²) in [5.41, 5.74) is 2.87. The highest BCUT2D eigenvalue weighted by Crippen LogP contribution is 2.34. The number of hydrogen-bond acceptors (Lipinski definition) is 6. The number of rotatable bonds is 5. The van der Waals surface area contributed by atoms with Crippen LogP contribution in [0.25, 0.3) is 22.0 Å². The number of hydrogen-bond donors (Lipinski definition) is 0. The smallest absolute Gasteiger partial charge is 0.177 e. The van der Waals surface area contributed by atoms with Crippen LogP contribution in [0.1, 0.15) is 26.0 Å². The predicted octanol–water partition coefficient (Wildman–Crippen LogP) is 4.46. The van der Waals surface area contributed by atoms with Gasteiger partial charge in [-0.2, -0.15) is 5.26 Å².